The third-order valence-electron chi connectivity index (χ3n) is 2.27. The normalized spacial score (nSPS) is 11.1. The number of aryl methyl sites for hydroxylation is 1. The van der Waals surface area contributed by atoms with Crippen molar-refractivity contribution < 1.29 is 0 Å². The molecule has 74 valence electrons. The summed E-state index contributed by atoms with van der Waals surface area (Å²) in [7, 11) is 0. The molecular formula is C11H11ClS2. The molecule has 0 nitrogen and oxygen atoms in total. The molecule has 0 fully saturated rings. The fourth-order valence-corrected chi connectivity index (χ4v) is 3.98. The third kappa shape index (κ3) is 1.56. The maximum absolute atomic E-state index is 6.28. The summed E-state index contributed by atoms with van der Waals surface area (Å²) in [6, 6.07) is 6.37. The van der Waals surface area contributed by atoms with Crippen LogP contribution in [0, 0.1) is 0 Å². The highest BCUT2D eigenvalue weighted by molar-refractivity contribution is 8.00. The van der Waals surface area contributed by atoms with E-state index in [-0.39, 0.29) is 0 Å². The van der Waals surface area contributed by atoms with Gasteiger partial charge in [-0.15, -0.1) is 23.1 Å². The molecule has 3 heteroatoms. The lowest BCUT2D eigenvalue weighted by Gasteiger charge is -1.97. The van der Waals surface area contributed by atoms with Crippen LogP contribution in [-0.2, 0) is 6.42 Å². The van der Waals surface area contributed by atoms with Crippen LogP contribution in [0.5, 0.6) is 0 Å². The van der Waals surface area contributed by atoms with E-state index < -0.39 is 0 Å². The van der Waals surface area contributed by atoms with E-state index in [0.29, 0.717) is 0 Å². The maximum atomic E-state index is 6.28. The zero-order valence-electron chi connectivity index (χ0n) is 8.13. The summed E-state index contributed by atoms with van der Waals surface area (Å²) in [5.74, 6) is 0. The standard InChI is InChI=1S/C11H11ClS2/c1-3-7-5-4-6-8-9(12)11(13-2)14-10(7)8/h4-6H,3H2,1-2H3. The summed E-state index contributed by atoms with van der Waals surface area (Å²) in [6.07, 6.45) is 3.14. The molecule has 0 aliphatic heterocycles. The maximum Gasteiger partial charge on any atom is 0.0795 e. The van der Waals surface area contributed by atoms with Crippen molar-refractivity contribution in [1.82, 2.24) is 0 Å². The average molecular weight is 243 g/mol. The van der Waals surface area contributed by atoms with Crippen molar-refractivity contribution >= 4 is 44.8 Å². The van der Waals surface area contributed by atoms with Crippen molar-refractivity contribution in [2.75, 3.05) is 6.26 Å². The first-order valence-electron chi connectivity index (χ1n) is 4.51. The van der Waals surface area contributed by atoms with E-state index in [1.165, 1.54) is 19.9 Å². The Morgan fingerprint density at radius 1 is 1.43 bits per heavy atom. The fraction of sp³-hybridized carbons (Fsp3) is 0.273. The number of fused-ring (bicyclic) bond motifs is 1. The lowest BCUT2D eigenvalue weighted by atomic mass is 10.1. The molecule has 0 aliphatic rings. The van der Waals surface area contributed by atoms with E-state index in [4.69, 9.17) is 11.6 Å². The van der Waals surface area contributed by atoms with Crippen LogP contribution in [-0.4, -0.2) is 6.26 Å². The molecule has 2 aromatic rings. The van der Waals surface area contributed by atoms with Gasteiger partial charge in [0.1, 0.15) is 0 Å². The van der Waals surface area contributed by atoms with E-state index in [2.05, 4.69) is 31.4 Å². The average Bonchev–Trinajstić information content (AvgIpc) is 2.55. The summed E-state index contributed by atoms with van der Waals surface area (Å²) < 4.78 is 2.58. The molecule has 0 N–H and O–H groups in total. The Morgan fingerprint density at radius 2 is 2.21 bits per heavy atom. The first-order valence-corrected chi connectivity index (χ1v) is 6.93. The van der Waals surface area contributed by atoms with Crippen molar-refractivity contribution in [3.63, 3.8) is 0 Å². The first kappa shape index (κ1) is 10.3. The number of benzene rings is 1. The van der Waals surface area contributed by atoms with Gasteiger partial charge in [0.2, 0.25) is 0 Å². The van der Waals surface area contributed by atoms with Gasteiger partial charge in [0, 0.05) is 10.1 Å². The van der Waals surface area contributed by atoms with Crippen LogP contribution >= 0.6 is 34.7 Å². The Morgan fingerprint density at radius 3 is 2.86 bits per heavy atom. The molecule has 1 aromatic carbocycles. The Labute approximate surface area is 97.3 Å². The van der Waals surface area contributed by atoms with Crippen LogP contribution in [0.4, 0.5) is 0 Å². The van der Waals surface area contributed by atoms with Gasteiger partial charge < -0.3 is 0 Å². The highest BCUT2D eigenvalue weighted by atomic mass is 35.5. The van der Waals surface area contributed by atoms with Crippen LogP contribution in [0.25, 0.3) is 10.1 Å². The Hall–Kier alpha value is -0.180. The van der Waals surface area contributed by atoms with Crippen LogP contribution < -0.4 is 0 Å². The van der Waals surface area contributed by atoms with Crippen molar-refractivity contribution in [2.45, 2.75) is 17.6 Å². The van der Waals surface area contributed by atoms with Crippen LogP contribution in [0.1, 0.15) is 12.5 Å². The zero-order valence-corrected chi connectivity index (χ0v) is 10.5. The molecule has 0 unspecified atom stereocenters. The smallest absolute Gasteiger partial charge is 0.0795 e. The van der Waals surface area contributed by atoms with E-state index >= 15 is 0 Å². The van der Waals surface area contributed by atoms with Gasteiger partial charge in [0.05, 0.1) is 9.23 Å². The first-order chi connectivity index (χ1) is 6.77. The van der Waals surface area contributed by atoms with Gasteiger partial charge in [0.25, 0.3) is 0 Å². The molecular weight excluding hydrogens is 232 g/mol. The van der Waals surface area contributed by atoms with Crippen LogP contribution in [0.15, 0.2) is 22.4 Å². The molecule has 0 saturated heterocycles. The molecule has 0 spiro atoms. The quantitative estimate of drug-likeness (QED) is 0.679. The highest BCUT2D eigenvalue weighted by Crippen LogP contribution is 2.41. The monoisotopic (exact) mass is 242 g/mol. The molecule has 0 aliphatic carbocycles. The number of halogens is 1. The summed E-state index contributed by atoms with van der Waals surface area (Å²) in [4.78, 5) is 0. The molecule has 0 amide bonds. The number of hydrogen-bond donors (Lipinski definition) is 0. The lowest BCUT2D eigenvalue weighted by molar-refractivity contribution is 1.16. The van der Waals surface area contributed by atoms with Crippen molar-refractivity contribution in [1.29, 1.82) is 0 Å². The number of rotatable bonds is 2. The minimum absolute atomic E-state index is 0.924. The van der Waals surface area contributed by atoms with Gasteiger partial charge in [-0.2, -0.15) is 0 Å². The van der Waals surface area contributed by atoms with Crippen molar-refractivity contribution in [3.05, 3.63) is 28.8 Å². The van der Waals surface area contributed by atoms with Gasteiger partial charge in [-0.1, -0.05) is 36.7 Å². The van der Waals surface area contributed by atoms with Gasteiger partial charge in [0.15, 0.2) is 0 Å². The van der Waals surface area contributed by atoms with Crippen molar-refractivity contribution in [3.8, 4) is 0 Å². The molecule has 0 bridgehead atoms. The molecule has 0 atom stereocenters. The molecule has 0 radical (unpaired) electrons. The molecule has 1 heterocycles. The summed E-state index contributed by atoms with van der Waals surface area (Å²) >= 11 is 9.81. The summed E-state index contributed by atoms with van der Waals surface area (Å²) in [6.45, 7) is 2.18. The summed E-state index contributed by atoms with van der Waals surface area (Å²) in [5, 5.41) is 2.13. The number of thioether (sulfide) groups is 1. The predicted molar refractivity (Wildman–Crippen MR) is 68.0 cm³/mol. The van der Waals surface area contributed by atoms with E-state index in [9.17, 15) is 0 Å². The highest BCUT2D eigenvalue weighted by Gasteiger charge is 2.10. The van der Waals surface area contributed by atoms with Gasteiger partial charge >= 0.3 is 0 Å². The predicted octanol–water partition coefficient (Wildman–Crippen LogP) is 4.84. The number of hydrogen-bond acceptors (Lipinski definition) is 2. The number of thiophene rings is 1. The van der Waals surface area contributed by atoms with Crippen molar-refractivity contribution in [2.24, 2.45) is 0 Å². The molecule has 14 heavy (non-hydrogen) atoms. The van der Waals surface area contributed by atoms with Crippen LogP contribution in [0.3, 0.4) is 0 Å². The minimum atomic E-state index is 0.924. The minimum Gasteiger partial charge on any atom is -0.127 e. The van der Waals surface area contributed by atoms with E-state index in [1.54, 1.807) is 23.1 Å². The van der Waals surface area contributed by atoms with E-state index in [0.717, 1.165) is 11.4 Å². The van der Waals surface area contributed by atoms with Gasteiger partial charge in [-0.3, -0.25) is 0 Å². The topological polar surface area (TPSA) is 0 Å². The van der Waals surface area contributed by atoms with E-state index in [1.807, 2.05) is 0 Å². The Kier molecular flexibility index (Phi) is 3.05. The second-order valence-corrected chi connectivity index (χ2v) is 5.53. The molecule has 2 rings (SSSR count). The molecule has 1 aromatic heterocycles. The second-order valence-electron chi connectivity index (χ2n) is 3.06. The Bertz CT molecular complexity index is 460. The van der Waals surface area contributed by atoms with Gasteiger partial charge in [-0.25, -0.2) is 0 Å². The fourth-order valence-electron chi connectivity index (χ4n) is 1.54. The molecule has 0 saturated carbocycles. The summed E-state index contributed by atoms with van der Waals surface area (Å²) in [5.41, 5.74) is 1.40. The van der Waals surface area contributed by atoms with Gasteiger partial charge in [-0.05, 0) is 18.2 Å². The largest absolute Gasteiger partial charge is 0.127 e. The third-order valence-corrected chi connectivity index (χ3v) is 5.29. The second kappa shape index (κ2) is 4.13. The van der Waals surface area contributed by atoms with Crippen LogP contribution in [0.2, 0.25) is 5.02 Å². The Balaban J connectivity index is 2.77. The SMILES string of the molecule is CCc1cccc2c(Cl)c(SC)sc12. The lowest BCUT2D eigenvalue weighted by Crippen LogP contribution is -1.77. The zero-order chi connectivity index (χ0) is 10.1.